The molecule has 0 amide bonds. The van der Waals surface area contributed by atoms with Crippen LogP contribution in [0.3, 0.4) is 0 Å². The molecule has 2 rings (SSSR count). The summed E-state index contributed by atoms with van der Waals surface area (Å²) in [4.78, 5) is 4.02. The van der Waals surface area contributed by atoms with Crippen molar-refractivity contribution in [2.45, 2.75) is 12.9 Å². The van der Waals surface area contributed by atoms with E-state index in [1.807, 2.05) is 0 Å². The third-order valence-electron chi connectivity index (χ3n) is 2.78. The summed E-state index contributed by atoms with van der Waals surface area (Å²) in [5.74, 6) is 0.291. The van der Waals surface area contributed by atoms with E-state index < -0.39 is 11.7 Å². The second-order valence-electron chi connectivity index (χ2n) is 4.16. The van der Waals surface area contributed by atoms with E-state index in [0.29, 0.717) is 11.4 Å². The van der Waals surface area contributed by atoms with Gasteiger partial charge in [-0.25, -0.2) is 4.98 Å². The number of nitrogens with zero attached hydrogens (tertiary/aromatic N) is 3. The van der Waals surface area contributed by atoms with Crippen molar-refractivity contribution in [2.24, 2.45) is 5.16 Å². The minimum atomic E-state index is -4.41. The monoisotopic (exact) mass is 299 g/mol. The van der Waals surface area contributed by atoms with E-state index in [0.717, 1.165) is 12.1 Å². The zero-order valence-electron chi connectivity index (χ0n) is 11.0. The summed E-state index contributed by atoms with van der Waals surface area (Å²) < 4.78 is 44.1. The van der Waals surface area contributed by atoms with Crippen LogP contribution in [0.25, 0.3) is 0 Å². The van der Waals surface area contributed by atoms with Gasteiger partial charge in [0.05, 0.1) is 5.56 Å². The molecule has 0 bridgehead atoms. The number of ether oxygens (including phenoxy) is 1. The normalized spacial score (nSPS) is 12.7. The Morgan fingerprint density at radius 2 is 2.00 bits per heavy atom. The molecule has 0 aliphatic heterocycles. The number of alkyl halides is 3. The first-order chi connectivity index (χ1) is 9.97. The predicted octanol–water partition coefficient (Wildman–Crippen LogP) is 2.73. The van der Waals surface area contributed by atoms with Crippen molar-refractivity contribution in [1.82, 2.24) is 9.55 Å². The van der Waals surface area contributed by atoms with Crippen LogP contribution in [0.15, 0.2) is 41.8 Å². The topological polar surface area (TPSA) is 59.6 Å². The summed E-state index contributed by atoms with van der Waals surface area (Å²) in [5, 5.41) is 12.3. The van der Waals surface area contributed by atoms with Crippen LogP contribution in [0.1, 0.15) is 17.0 Å². The number of imidazole rings is 1. The molecule has 1 aromatic carbocycles. The lowest BCUT2D eigenvalue weighted by Gasteiger charge is -2.10. The highest BCUT2D eigenvalue weighted by molar-refractivity contribution is 6.10. The fraction of sp³-hybridized carbons (Fsp3) is 0.231. The van der Waals surface area contributed by atoms with E-state index in [2.05, 4.69) is 10.1 Å². The van der Waals surface area contributed by atoms with Gasteiger partial charge in [-0.3, -0.25) is 0 Å². The van der Waals surface area contributed by atoms with Gasteiger partial charge >= 0.3 is 6.18 Å². The maximum atomic E-state index is 12.5. The molecule has 0 atom stereocenters. The summed E-state index contributed by atoms with van der Waals surface area (Å²) >= 11 is 0. The Balaban J connectivity index is 2.36. The SMILES string of the molecule is COCn1ccnc1/C(=N/O)c1ccc(C(F)(F)F)cc1. The molecule has 0 saturated heterocycles. The highest BCUT2D eigenvalue weighted by Crippen LogP contribution is 2.29. The van der Waals surface area contributed by atoms with E-state index in [-0.39, 0.29) is 12.4 Å². The molecule has 1 heterocycles. The molecule has 5 nitrogen and oxygen atoms in total. The minimum Gasteiger partial charge on any atom is -0.410 e. The van der Waals surface area contributed by atoms with Crippen molar-refractivity contribution in [3.63, 3.8) is 0 Å². The number of oxime groups is 1. The van der Waals surface area contributed by atoms with Gasteiger partial charge in [0.1, 0.15) is 6.73 Å². The van der Waals surface area contributed by atoms with Crippen molar-refractivity contribution in [2.75, 3.05) is 7.11 Å². The lowest BCUT2D eigenvalue weighted by atomic mass is 10.1. The lowest BCUT2D eigenvalue weighted by molar-refractivity contribution is -0.137. The van der Waals surface area contributed by atoms with E-state index >= 15 is 0 Å². The molecule has 112 valence electrons. The van der Waals surface area contributed by atoms with Crippen molar-refractivity contribution in [3.05, 3.63) is 53.6 Å². The Labute approximate surface area is 118 Å². The van der Waals surface area contributed by atoms with Crippen LogP contribution in [0.2, 0.25) is 0 Å². The second kappa shape index (κ2) is 5.96. The average Bonchev–Trinajstić information content (AvgIpc) is 2.88. The number of hydrogen-bond acceptors (Lipinski definition) is 4. The number of aromatic nitrogens is 2. The van der Waals surface area contributed by atoms with Gasteiger partial charge in [0.15, 0.2) is 11.5 Å². The van der Waals surface area contributed by atoms with Crippen LogP contribution in [-0.4, -0.2) is 27.6 Å². The number of methoxy groups -OCH3 is 1. The molecule has 0 fully saturated rings. The summed E-state index contributed by atoms with van der Waals surface area (Å²) in [6, 6.07) is 4.29. The Bertz CT molecular complexity index is 633. The van der Waals surface area contributed by atoms with E-state index in [4.69, 9.17) is 9.94 Å². The van der Waals surface area contributed by atoms with Crippen molar-refractivity contribution >= 4 is 5.71 Å². The van der Waals surface area contributed by atoms with Crippen LogP contribution < -0.4 is 0 Å². The molecule has 0 aliphatic carbocycles. The van der Waals surface area contributed by atoms with E-state index in [1.165, 1.54) is 25.4 Å². The number of hydrogen-bond donors (Lipinski definition) is 1. The second-order valence-corrected chi connectivity index (χ2v) is 4.16. The van der Waals surface area contributed by atoms with E-state index in [9.17, 15) is 13.2 Å². The molecule has 8 heteroatoms. The quantitative estimate of drug-likeness (QED) is 0.536. The molecule has 0 saturated carbocycles. The van der Waals surface area contributed by atoms with Gasteiger partial charge in [0, 0.05) is 25.1 Å². The fourth-order valence-electron chi connectivity index (χ4n) is 1.82. The molecular formula is C13H12F3N3O2. The maximum absolute atomic E-state index is 12.5. The number of halogens is 3. The van der Waals surface area contributed by atoms with Crippen molar-refractivity contribution in [1.29, 1.82) is 0 Å². The number of rotatable bonds is 4. The molecule has 0 unspecified atom stereocenters. The first-order valence-corrected chi connectivity index (χ1v) is 5.87. The van der Waals surface area contributed by atoms with Gasteiger partial charge in [-0.05, 0) is 12.1 Å². The average molecular weight is 299 g/mol. The molecule has 2 aromatic rings. The highest BCUT2D eigenvalue weighted by atomic mass is 19.4. The van der Waals surface area contributed by atoms with Gasteiger partial charge < -0.3 is 14.5 Å². The zero-order valence-corrected chi connectivity index (χ0v) is 11.0. The summed E-state index contributed by atoms with van der Waals surface area (Å²) in [6.07, 6.45) is -1.33. The number of benzene rings is 1. The first-order valence-electron chi connectivity index (χ1n) is 5.87. The van der Waals surface area contributed by atoms with Gasteiger partial charge in [0.2, 0.25) is 0 Å². The zero-order chi connectivity index (χ0) is 15.5. The Hall–Kier alpha value is -2.35. The molecule has 1 N–H and O–H groups in total. The van der Waals surface area contributed by atoms with Crippen LogP contribution in [-0.2, 0) is 17.6 Å². The Kier molecular flexibility index (Phi) is 4.27. The molecular weight excluding hydrogens is 287 g/mol. The van der Waals surface area contributed by atoms with Crippen LogP contribution >= 0.6 is 0 Å². The van der Waals surface area contributed by atoms with Crippen molar-refractivity contribution in [3.8, 4) is 0 Å². The van der Waals surface area contributed by atoms with Crippen molar-refractivity contribution < 1.29 is 23.1 Å². The molecule has 0 spiro atoms. The smallest absolute Gasteiger partial charge is 0.410 e. The largest absolute Gasteiger partial charge is 0.416 e. The summed E-state index contributed by atoms with van der Waals surface area (Å²) in [7, 11) is 1.48. The predicted molar refractivity (Wildman–Crippen MR) is 68.1 cm³/mol. The first kappa shape index (κ1) is 15.0. The van der Waals surface area contributed by atoms with Gasteiger partial charge in [0.25, 0.3) is 0 Å². The fourth-order valence-corrected chi connectivity index (χ4v) is 1.82. The van der Waals surface area contributed by atoms with Crippen LogP contribution in [0.5, 0.6) is 0 Å². The lowest BCUT2D eigenvalue weighted by Crippen LogP contribution is -2.14. The van der Waals surface area contributed by atoms with Crippen LogP contribution in [0, 0.1) is 0 Å². The standard InChI is InChI=1S/C13H12F3N3O2/c1-21-8-19-7-6-17-12(19)11(18-20)9-2-4-10(5-3-9)13(14,15)16/h2-7,20H,8H2,1H3/b18-11+. The molecule has 21 heavy (non-hydrogen) atoms. The summed E-state index contributed by atoms with van der Waals surface area (Å²) in [5.41, 5.74) is -0.399. The third-order valence-corrected chi connectivity index (χ3v) is 2.78. The summed E-state index contributed by atoms with van der Waals surface area (Å²) in [6.45, 7) is 0.176. The van der Waals surface area contributed by atoms with Gasteiger partial charge in [-0.15, -0.1) is 0 Å². The highest BCUT2D eigenvalue weighted by Gasteiger charge is 2.30. The third kappa shape index (κ3) is 3.22. The van der Waals surface area contributed by atoms with Gasteiger partial charge in [-0.1, -0.05) is 17.3 Å². The minimum absolute atomic E-state index is 0.0609. The Morgan fingerprint density at radius 1 is 1.33 bits per heavy atom. The van der Waals surface area contributed by atoms with Crippen LogP contribution in [0.4, 0.5) is 13.2 Å². The molecule has 1 aromatic heterocycles. The van der Waals surface area contributed by atoms with E-state index in [1.54, 1.807) is 10.8 Å². The maximum Gasteiger partial charge on any atom is 0.416 e. The Morgan fingerprint density at radius 3 is 2.52 bits per heavy atom. The van der Waals surface area contributed by atoms with Gasteiger partial charge in [-0.2, -0.15) is 13.2 Å². The molecule has 0 radical (unpaired) electrons. The molecule has 0 aliphatic rings.